The number of rotatable bonds is 10. The highest BCUT2D eigenvalue weighted by Gasteiger charge is 2.12. The van der Waals surface area contributed by atoms with Gasteiger partial charge in [-0.1, -0.05) is 74.3 Å². The van der Waals surface area contributed by atoms with E-state index in [-0.39, 0.29) is 0 Å². The van der Waals surface area contributed by atoms with Crippen LogP contribution >= 0.6 is 0 Å². The van der Waals surface area contributed by atoms with Gasteiger partial charge in [-0.25, -0.2) is 9.59 Å². The van der Waals surface area contributed by atoms with Gasteiger partial charge in [0, 0.05) is 30.1 Å². The van der Waals surface area contributed by atoms with Crippen molar-refractivity contribution in [3.63, 3.8) is 0 Å². The second kappa shape index (κ2) is 12.2. The van der Waals surface area contributed by atoms with Gasteiger partial charge in [0.25, 0.3) is 0 Å². The summed E-state index contributed by atoms with van der Waals surface area (Å²) in [5.74, 6) is -0.0785. The Bertz CT molecular complexity index is 1440. The first-order chi connectivity index (χ1) is 18.5. The van der Waals surface area contributed by atoms with Crippen molar-refractivity contribution in [1.29, 1.82) is 0 Å². The van der Waals surface area contributed by atoms with E-state index in [9.17, 15) is 9.59 Å². The lowest BCUT2D eigenvalue weighted by Gasteiger charge is -2.26. The first kappa shape index (κ1) is 25.9. The molecule has 0 aliphatic rings. The number of nitrogens with zero attached hydrogens (tertiary/aromatic N) is 1. The molecule has 5 nitrogen and oxygen atoms in total. The Morgan fingerprint density at radius 1 is 0.605 bits per heavy atom. The van der Waals surface area contributed by atoms with Crippen molar-refractivity contribution >= 4 is 29.4 Å². The number of anilines is 2. The van der Waals surface area contributed by atoms with Gasteiger partial charge in [0.1, 0.15) is 11.5 Å². The average molecular weight is 502 g/mol. The molecule has 0 aliphatic carbocycles. The minimum absolute atomic E-state index is 0.450. The second-order valence-electron chi connectivity index (χ2n) is 8.35. The quantitative estimate of drug-likeness (QED) is 0.128. The van der Waals surface area contributed by atoms with Crippen molar-refractivity contribution in [1.82, 2.24) is 0 Å². The zero-order valence-electron chi connectivity index (χ0n) is 20.9. The second-order valence-corrected chi connectivity index (χ2v) is 8.35. The molecular formula is C33H27NO4. The van der Waals surface area contributed by atoms with E-state index in [4.69, 9.17) is 9.47 Å². The number of carbonyl (C=O) groups is 2. The lowest BCUT2D eigenvalue weighted by Crippen LogP contribution is -2.16. The smallest absolute Gasteiger partial charge is 0.335 e. The molecule has 38 heavy (non-hydrogen) atoms. The van der Waals surface area contributed by atoms with Gasteiger partial charge in [0.2, 0.25) is 0 Å². The zero-order valence-corrected chi connectivity index (χ0v) is 20.9. The predicted octanol–water partition coefficient (Wildman–Crippen LogP) is 7.52. The molecule has 4 rings (SSSR count). The summed E-state index contributed by atoms with van der Waals surface area (Å²) in [5, 5.41) is 0. The number of hydrogen-bond donors (Lipinski definition) is 0. The molecule has 0 N–H and O–H groups in total. The van der Waals surface area contributed by atoms with E-state index in [2.05, 4.69) is 48.9 Å². The van der Waals surface area contributed by atoms with Gasteiger partial charge in [0.15, 0.2) is 0 Å². The van der Waals surface area contributed by atoms with Crippen LogP contribution in [0.25, 0.3) is 17.2 Å². The van der Waals surface area contributed by atoms with Crippen LogP contribution in [0.1, 0.15) is 11.1 Å². The van der Waals surface area contributed by atoms with Gasteiger partial charge < -0.3 is 14.4 Å². The lowest BCUT2D eigenvalue weighted by molar-refractivity contribution is -0.129. The highest BCUT2D eigenvalue weighted by Crippen LogP contribution is 2.32. The van der Waals surface area contributed by atoms with Crippen molar-refractivity contribution < 1.29 is 19.1 Å². The predicted molar refractivity (Wildman–Crippen MR) is 152 cm³/mol. The topological polar surface area (TPSA) is 55.8 Å². The summed E-state index contributed by atoms with van der Waals surface area (Å²) in [7, 11) is 0. The number of carbonyl (C=O) groups excluding carboxylic acids is 2. The third-order valence-electron chi connectivity index (χ3n) is 5.84. The van der Waals surface area contributed by atoms with E-state index in [1.165, 1.54) is 0 Å². The summed E-state index contributed by atoms with van der Waals surface area (Å²) < 4.78 is 10.4. The van der Waals surface area contributed by atoms with Gasteiger partial charge in [0.05, 0.1) is 0 Å². The van der Waals surface area contributed by atoms with Crippen LogP contribution in [0.4, 0.5) is 11.4 Å². The van der Waals surface area contributed by atoms with Crippen LogP contribution in [0.15, 0.2) is 129 Å². The van der Waals surface area contributed by atoms with Crippen LogP contribution in [0.3, 0.4) is 0 Å². The minimum atomic E-state index is -0.501. The molecule has 4 aromatic carbocycles. The monoisotopic (exact) mass is 501 g/mol. The fourth-order valence-electron chi connectivity index (χ4n) is 3.83. The van der Waals surface area contributed by atoms with Gasteiger partial charge >= 0.3 is 11.9 Å². The van der Waals surface area contributed by atoms with Crippen LogP contribution in [0.5, 0.6) is 11.5 Å². The van der Waals surface area contributed by atoms with Gasteiger partial charge in [-0.2, -0.15) is 0 Å². The van der Waals surface area contributed by atoms with Gasteiger partial charge in [-0.3, -0.25) is 0 Å². The molecule has 0 fully saturated rings. The SMILES string of the molecule is C=CC(=O)Oc1ccc(-c2ccc(N(Cc3ccc(C=C)cc3)c3ccc(OC(=O)C=C)cc3)cc2)cc1. The molecule has 0 saturated heterocycles. The van der Waals surface area contributed by atoms with Gasteiger partial charge in [-0.15, -0.1) is 0 Å². The van der Waals surface area contributed by atoms with Crippen molar-refractivity contribution in [3.8, 4) is 22.6 Å². The highest BCUT2D eigenvalue weighted by molar-refractivity contribution is 5.84. The molecule has 0 bridgehead atoms. The zero-order chi connectivity index (χ0) is 26.9. The molecule has 0 heterocycles. The van der Waals surface area contributed by atoms with Crippen LogP contribution in [-0.4, -0.2) is 11.9 Å². The van der Waals surface area contributed by atoms with Crippen molar-refractivity contribution in [3.05, 3.63) is 140 Å². The molecule has 0 spiro atoms. The molecule has 0 amide bonds. The average Bonchev–Trinajstić information content (AvgIpc) is 2.97. The Balaban J connectivity index is 1.60. The fraction of sp³-hybridized carbons (Fsp3) is 0.0303. The van der Waals surface area contributed by atoms with E-state index in [1.54, 1.807) is 24.3 Å². The molecule has 0 aliphatic heterocycles. The van der Waals surface area contributed by atoms with Gasteiger partial charge in [-0.05, 0) is 70.8 Å². The van der Waals surface area contributed by atoms with E-state index in [0.717, 1.165) is 45.8 Å². The van der Waals surface area contributed by atoms with Crippen LogP contribution < -0.4 is 14.4 Å². The maximum Gasteiger partial charge on any atom is 0.335 e. The summed E-state index contributed by atoms with van der Waals surface area (Å²) in [5.41, 5.74) is 6.15. The number of benzene rings is 4. The van der Waals surface area contributed by atoms with Crippen molar-refractivity contribution in [2.24, 2.45) is 0 Å². The summed E-state index contributed by atoms with van der Waals surface area (Å²) >= 11 is 0. The van der Waals surface area contributed by atoms with Crippen molar-refractivity contribution in [2.75, 3.05) is 4.90 Å². The molecule has 0 radical (unpaired) electrons. The number of ether oxygens (including phenoxy) is 2. The van der Waals surface area contributed by atoms with Crippen LogP contribution in [0, 0.1) is 0 Å². The Morgan fingerprint density at radius 2 is 1.03 bits per heavy atom. The molecule has 0 atom stereocenters. The van der Waals surface area contributed by atoms with Crippen LogP contribution in [-0.2, 0) is 16.1 Å². The summed E-state index contributed by atoms with van der Waals surface area (Å²) in [6.45, 7) is 11.3. The first-order valence-corrected chi connectivity index (χ1v) is 12.0. The molecule has 4 aromatic rings. The molecule has 188 valence electrons. The van der Waals surface area contributed by atoms with Crippen LogP contribution in [0.2, 0.25) is 0 Å². The Kier molecular flexibility index (Phi) is 8.32. The standard InChI is InChI=1S/C33H27NO4/c1-4-24-7-9-25(10-8-24)23-34(29-17-21-31(22-18-29)38-33(36)6-3)28-15-11-26(12-16-28)27-13-19-30(20-14-27)37-32(35)5-2/h4-22H,1-3,23H2. The third kappa shape index (κ3) is 6.53. The van der Waals surface area contributed by atoms with Crippen molar-refractivity contribution in [2.45, 2.75) is 6.54 Å². The summed E-state index contributed by atoms with van der Waals surface area (Å²) in [6.07, 6.45) is 4.09. The largest absolute Gasteiger partial charge is 0.423 e. The Labute approximate surface area is 222 Å². The maximum atomic E-state index is 11.6. The molecule has 5 heteroatoms. The summed E-state index contributed by atoms with van der Waals surface area (Å²) in [4.78, 5) is 25.2. The maximum absolute atomic E-state index is 11.6. The fourth-order valence-corrected chi connectivity index (χ4v) is 3.83. The normalized spacial score (nSPS) is 10.2. The highest BCUT2D eigenvalue weighted by atomic mass is 16.5. The lowest BCUT2D eigenvalue weighted by atomic mass is 10.0. The van der Waals surface area contributed by atoms with E-state index >= 15 is 0 Å². The molecule has 0 saturated carbocycles. The Hall–Kier alpha value is -5.16. The molecular weight excluding hydrogens is 474 g/mol. The third-order valence-corrected chi connectivity index (χ3v) is 5.84. The van der Waals surface area contributed by atoms with E-state index in [0.29, 0.717) is 18.0 Å². The summed E-state index contributed by atoms with van der Waals surface area (Å²) in [6, 6.07) is 31.1. The molecule has 0 aromatic heterocycles. The molecule has 0 unspecified atom stereocenters. The Morgan fingerprint density at radius 3 is 1.47 bits per heavy atom. The number of esters is 2. The first-order valence-electron chi connectivity index (χ1n) is 12.0. The minimum Gasteiger partial charge on any atom is -0.423 e. The number of hydrogen-bond acceptors (Lipinski definition) is 5. The van der Waals surface area contributed by atoms with E-state index in [1.807, 2.05) is 54.6 Å². The van der Waals surface area contributed by atoms with E-state index < -0.39 is 11.9 Å².